The molecule has 6 nitrogen and oxygen atoms in total. The number of anilines is 1. The summed E-state index contributed by atoms with van der Waals surface area (Å²) >= 11 is 0. The van der Waals surface area contributed by atoms with E-state index in [1.54, 1.807) is 6.20 Å². The predicted octanol–water partition coefficient (Wildman–Crippen LogP) is 2.46. The van der Waals surface area contributed by atoms with E-state index in [2.05, 4.69) is 15.7 Å². The number of benzene rings is 1. The van der Waals surface area contributed by atoms with Crippen molar-refractivity contribution in [3.8, 4) is 0 Å². The Balaban J connectivity index is 1.83. The molecule has 1 aromatic heterocycles. The summed E-state index contributed by atoms with van der Waals surface area (Å²) in [7, 11) is 0. The smallest absolute Gasteiger partial charge is 0.319 e. The van der Waals surface area contributed by atoms with E-state index in [1.807, 2.05) is 55.1 Å². The van der Waals surface area contributed by atoms with Crippen molar-refractivity contribution in [1.82, 2.24) is 15.1 Å². The second-order valence-electron chi connectivity index (χ2n) is 6.02. The minimum atomic E-state index is -0.521. The summed E-state index contributed by atoms with van der Waals surface area (Å²) in [6, 6.07) is 9.17. The Morgan fingerprint density at radius 3 is 2.87 bits per heavy atom. The second-order valence-corrected chi connectivity index (χ2v) is 6.02. The Bertz CT molecular complexity index is 611. The summed E-state index contributed by atoms with van der Waals surface area (Å²) in [5.41, 5.74) is 1.76. The first-order chi connectivity index (χ1) is 11.0. The van der Waals surface area contributed by atoms with Gasteiger partial charge in [0.15, 0.2) is 0 Å². The van der Waals surface area contributed by atoms with Gasteiger partial charge in [-0.15, -0.1) is 0 Å². The molecule has 0 aliphatic heterocycles. The molecule has 0 aliphatic rings. The number of amides is 2. The normalized spacial score (nSPS) is 12.2. The third kappa shape index (κ3) is 6.12. The van der Waals surface area contributed by atoms with Gasteiger partial charge in [-0.25, -0.2) is 4.79 Å². The van der Waals surface area contributed by atoms with E-state index in [0.717, 1.165) is 5.56 Å². The summed E-state index contributed by atoms with van der Waals surface area (Å²) in [5, 5.41) is 19.4. The molecule has 124 valence electrons. The highest BCUT2D eigenvalue weighted by molar-refractivity contribution is 5.89. The van der Waals surface area contributed by atoms with Crippen LogP contribution >= 0.6 is 0 Å². The van der Waals surface area contributed by atoms with Gasteiger partial charge >= 0.3 is 6.03 Å². The van der Waals surface area contributed by atoms with E-state index in [9.17, 15) is 9.90 Å². The van der Waals surface area contributed by atoms with Gasteiger partial charge in [0, 0.05) is 24.6 Å². The van der Waals surface area contributed by atoms with Crippen LogP contribution in [-0.4, -0.2) is 33.6 Å². The third-order valence-corrected chi connectivity index (χ3v) is 3.33. The number of nitrogens with one attached hydrogen (secondary N) is 2. The first kappa shape index (κ1) is 17.0. The zero-order chi connectivity index (χ0) is 16.7. The number of hydrogen-bond acceptors (Lipinski definition) is 3. The Labute approximate surface area is 136 Å². The number of aliphatic hydroxyl groups is 1. The Kier molecular flexibility index (Phi) is 6.17. The minimum absolute atomic E-state index is 0.247. The summed E-state index contributed by atoms with van der Waals surface area (Å²) in [4.78, 5) is 11.9. The number of rotatable bonds is 7. The fourth-order valence-electron chi connectivity index (χ4n) is 2.34. The molecule has 0 radical (unpaired) electrons. The zero-order valence-electron chi connectivity index (χ0n) is 13.6. The molecule has 0 bridgehead atoms. The van der Waals surface area contributed by atoms with Crippen LogP contribution in [0.2, 0.25) is 0 Å². The van der Waals surface area contributed by atoms with Gasteiger partial charge in [0.1, 0.15) is 0 Å². The van der Waals surface area contributed by atoms with E-state index in [0.29, 0.717) is 24.6 Å². The van der Waals surface area contributed by atoms with Crippen LogP contribution in [0.15, 0.2) is 42.7 Å². The standard InChI is InChI=1S/C17H24N4O2/c1-13(2)9-16(22)11-18-17(23)20-15-6-3-5-14(10-15)12-21-8-4-7-19-21/h3-8,10,13,16,22H,9,11-12H2,1-2H3,(H2,18,20,23). The lowest BCUT2D eigenvalue weighted by Gasteiger charge is -2.14. The molecule has 23 heavy (non-hydrogen) atoms. The second kappa shape index (κ2) is 8.33. The Morgan fingerprint density at radius 1 is 1.35 bits per heavy atom. The number of nitrogens with zero attached hydrogens (tertiary/aromatic N) is 2. The molecule has 2 rings (SSSR count). The van der Waals surface area contributed by atoms with Gasteiger partial charge in [0.05, 0.1) is 12.6 Å². The van der Waals surface area contributed by atoms with Gasteiger partial charge in [0.2, 0.25) is 0 Å². The van der Waals surface area contributed by atoms with Gasteiger partial charge in [-0.2, -0.15) is 5.10 Å². The fraction of sp³-hybridized carbons (Fsp3) is 0.412. The summed E-state index contributed by atoms with van der Waals surface area (Å²) in [6.45, 7) is 4.97. The molecule has 0 saturated carbocycles. The van der Waals surface area contributed by atoms with Crippen molar-refractivity contribution in [3.63, 3.8) is 0 Å². The van der Waals surface area contributed by atoms with Crippen LogP contribution in [-0.2, 0) is 6.54 Å². The Hall–Kier alpha value is -2.34. The lowest BCUT2D eigenvalue weighted by Crippen LogP contribution is -2.35. The third-order valence-electron chi connectivity index (χ3n) is 3.33. The van der Waals surface area contributed by atoms with Crippen LogP contribution in [0.4, 0.5) is 10.5 Å². The van der Waals surface area contributed by atoms with Crippen molar-refractivity contribution in [1.29, 1.82) is 0 Å². The molecular formula is C17H24N4O2. The van der Waals surface area contributed by atoms with Crippen LogP contribution in [0.5, 0.6) is 0 Å². The van der Waals surface area contributed by atoms with E-state index < -0.39 is 6.10 Å². The van der Waals surface area contributed by atoms with Gasteiger partial charge in [-0.1, -0.05) is 26.0 Å². The molecule has 1 heterocycles. The number of urea groups is 1. The van der Waals surface area contributed by atoms with Crippen molar-refractivity contribution in [2.24, 2.45) is 5.92 Å². The number of hydrogen-bond donors (Lipinski definition) is 3. The van der Waals surface area contributed by atoms with Gasteiger partial charge in [-0.05, 0) is 36.1 Å². The van der Waals surface area contributed by atoms with Crippen LogP contribution < -0.4 is 10.6 Å². The van der Waals surface area contributed by atoms with Crippen LogP contribution in [0, 0.1) is 5.92 Å². The highest BCUT2D eigenvalue weighted by Crippen LogP contribution is 2.11. The largest absolute Gasteiger partial charge is 0.391 e. The van der Waals surface area contributed by atoms with E-state index >= 15 is 0 Å². The average Bonchev–Trinajstić information content (AvgIpc) is 2.98. The number of aromatic nitrogens is 2. The lowest BCUT2D eigenvalue weighted by atomic mass is 10.1. The van der Waals surface area contributed by atoms with Crippen molar-refractivity contribution < 1.29 is 9.90 Å². The summed E-state index contributed by atoms with van der Waals surface area (Å²) in [5.74, 6) is 0.397. The zero-order valence-corrected chi connectivity index (χ0v) is 13.6. The molecule has 0 fully saturated rings. The minimum Gasteiger partial charge on any atom is -0.391 e. The highest BCUT2D eigenvalue weighted by atomic mass is 16.3. The molecule has 0 saturated heterocycles. The highest BCUT2D eigenvalue weighted by Gasteiger charge is 2.09. The maximum Gasteiger partial charge on any atom is 0.319 e. The SMILES string of the molecule is CC(C)CC(O)CNC(=O)Nc1cccc(Cn2cccn2)c1. The molecular weight excluding hydrogens is 292 g/mol. The first-order valence-electron chi connectivity index (χ1n) is 7.82. The van der Waals surface area contributed by atoms with Crippen LogP contribution in [0.3, 0.4) is 0 Å². The molecule has 6 heteroatoms. The Morgan fingerprint density at radius 2 is 2.17 bits per heavy atom. The molecule has 3 N–H and O–H groups in total. The maximum absolute atomic E-state index is 11.9. The average molecular weight is 316 g/mol. The molecule has 2 amide bonds. The fourth-order valence-corrected chi connectivity index (χ4v) is 2.34. The van der Waals surface area contributed by atoms with Crippen molar-refractivity contribution in [2.45, 2.75) is 32.9 Å². The van der Waals surface area contributed by atoms with Crippen molar-refractivity contribution in [3.05, 3.63) is 48.3 Å². The van der Waals surface area contributed by atoms with Crippen molar-refractivity contribution in [2.75, 3.05) is 11.9 Å². The molecule has 0 spiro atoms. The molecule has 1 aromatic carbocycles. The summed E-state index contributed by atoms with van der Waals surface area (Å²) in [6.07, 6.45) is 3.77. The lowest BCUT2D eigenvalue weighted by molar-refractivity contribution is 0.148. The van der Waals surface area contributed by atoms with E-state index in [1.165, 1.54) is 0 Å². The molecule has 1 atom stereocenters. The maximum atomic E-state index is 11.9. The van der Waals surface area contributed by atoms with Crippen LogP contribution in [0.25, 0.3) is 0 Å². The quantitative estimate of drug-likeness (QED) is 0.734. The molecule has 0 aliphatic carbocycles. The number of aliphatic hydroxyl groups excluding tert-OH is 1. The summed E-state index contributed by atoms with van der Waals surface area (Å²) < 4.78 is 1.82. The van der Waals surface area contributed by atoms with Gasteiger partial charge < -0.3 is 15.7 Å². The monoisotopic (exact) mass is 316 g/mol. The van der Waals surface area contributed by atoms with E-state index in [4.69, 9.17) is 0 Å². The molecule has 1 unspecified atom stereocenters. The topological polar surface area (TPSA) is 79.2 Å². The predicted molar refractivity (Wildman–Crippen MR) is 90.3 cm³/mol. The number of carbonyl (C=O) groups is 1. The molecule has 2 aromatic rings. The van der Waals surface area contributed by atoms with Crippen molar-refractivity contribution >= 4 is 11.7 Å². The van der Waals surface area contributed by atoms with E-state index in [-0.39, 0.29) is 12.6 Å². The first-order valence-corrected chi connectivity index (χ1v) is 7.82. The van der Waals surface area contributed by atoms with Gasteiger partial charge in [-0.3, -0.25) is 4.68 Å². The van der Waals surface area contributed by atoms with Crippen LogP contribution in [0.1, 0.15) is 25.8 Å². The van der Waals surface area contributed by atoms with Gasteiger partial charge in [0.25, 0.3) is 0 Å². The number of carbonyl (C=O) groups excluding carboxylic acids is 1.